The molecular formula is C20H24N6O. The number of aryl methyl sites for hydroxylation is 2. The molecule has 0 bridgehead atoms. The molecule has 0 radical (unpaired) electrons. The van der Waals surface area contributed by atoms with Crippen molar-refractivity contribution >= 4 is 11.7 Å². The second kappa shape index (κ2) is 7.42. The lowest BCUT2D eigenvalue weighted by Gasteiger charge is -2.17. The first-order valence-corrected chi connectivity index (χ1v) is 9.45. The average Bonchev–Trinajstić information content (AvgIpc) is 3.32. The lowest BCUT2D eigenvalue weighted by molar-refractivity contribution is -0.130. The third-order valence-corrected chi connectivity index (χ3v) is 5.44. The van der Waals surface area contributed by atoms with Gasteiger partial charge in [0.05, 0.1) is 0 Å². The van der Waals surface area contributed by atoms with Crippen LogP contribution >= 0.6 is 0 Å². The van der Waals surface area contributed by atoms with Crippen molar-refractivity contribution in [2.75, 3.05) is 13.1 Å². The third kappa shape index (κ3) is 3.67. The Kier molecular flexibility index (Phi) is 4.83. The van der Waals surface area contributed by atoms with Crippen LogP contribution in [-0.4, -0.2) is 48.5 Å². The van der Waals surface area contributed by atoms with Crippen LogP contribution in [0.3, 0.4) is 0 Å². The molecule has 0 N–H and O–H groups in total. The van der Waals surface area contributed by atoms with Crippen molar-refractivity contribution in [2.45, 2.75) is 39.5 Å². The van der Waals surface area contributed by atoms with Gasteiger partial charge in [0.15, 0.2) is 0 Å². The quantitative estimate of drug-likeness (QED) is 0.693. The van der Waals surface area contributed by atoms with Gasteiger partial charge in [-0.2, -0.15) is 10.1 Å². The fourth-order valence-corrected chi connectivity index (χ4v) is 3.95. The van der Waals surface area contributed by atoms with Crippen LogP contribution in [0.1, 0.15) is 35.5 Å². The zero-order valence-corrected chi connectivity index (χ0v) is 15.8. The summed E-state index contributed by atoms with van der Waals surface area (Å²) in [6.07, 6.45) is 6.51. The van der Waals surface area contributed by atoms with Crippen LogP contribution in [0.5, 0.6) is 0 Å². The number of amides is 1. The molecule has 1 saturated heterocycles. The van der Waals surface area contributed by atoms with E-state index in [-0.39, 0.29) is 5.91 Å². The van der Waals surface area contributed by atoms with Crippen LogP contribution in [0.2, 0.25) is 0 Å². The molecule has 0 aromatic carbocycles. The number of hydrogen-bond acceptors (Lipinski definition) is 5. The normalized spacial score (nSPS) is 17.0. The van der Waals surface area contributed by atoms with Gasteiger partial charge < -0.3 is 4.90 Å². The maximum atomic E-state index is 12.7. The van der Waals surface area contributed by atoms with E-state index in [2.05, 4.69) is 26.1 Å². The zero-order chi connectivity index (χ0) is 18.8. The van der Waals surface area contributed by atoms with E-state index in [0.717, 1.165) is 48.6 Å². The molecule has 3 aromatic rings. The third-order valence-electron chi connectivity index (χ3n) is 5.44. The van der Waals surface area contributed by atoms with Crippen molar-refractivity contribution in [1.82, 2.24) is 29.5 Å². The number of hydrogen-bond donors (Lipinski definition) is 0. The van der Waals surface area contributed by atoms with Crippen LogP contribution < -0.4 is 0 Å². The van der Waals surface area contributed by atoms with Crippen LogP contribution in [-0.2, 0) is 17.6 Å². The van der Waals surface area contributed by atoms with Crippen LogP contribution in [0.15, 0.2) is 30.7 Å². The van der Waals surface area contributed by atoms with Gasteiger partial charge in [0.25, 0.3) is 5.78 Å². The minimum atomic E-state index is 0.219. The van der Waals surface area contributed by atoms with Crippen molar-refractivity contribution in [3.8, 4) is 0 Å². The van der Waals surface area contributed by atoms with E-state index in [4.69, 9.17) is 0 Å². The smallest absolute Gasteiger partial charge is 0.252 e. The number of nitrogens with zero attached hydrogens (tertiary/aromatic N) is 6. The summed E-state index contributed by atoms with van der Waals surface area (Å²) in [6, 6.07) is 6.01. The van der Waals surface area contributed by atoms with E-state index in [1.54, 1.807) is 4.52 Å². The maximum absolute atomic E-state index is 12.7. The Morgan fingerprint density at radius 1 is 1.26 bits per heavy atom. The van der Waals surface area contributed by atoms with E-state index in [1.165, 1.54) is 6.33 Å². The van der Waals surface area contributed by atoms with Crippen molar-refractivity contribution in [3.05, 3.63) is 53.4 Å². The van der Waals surface area contributed by atoms with E-state index in [0.29, 0.717) is 24.5 Å². The predicted octanol–water partition coefficient (Wildman–Crippen LogP) is 2.16. The molecule has 4 heterocycles. The zero-order valence-electron chi connectivity index (χ0n) is 15.8. The number of fused-ring (bicyclic) bond motifs is 1. The highest BCUT2D eigenvalue weighted by Crippen LogP contribution is 2.22. The van der Waals surface area contributed by atoms with E-state index in [1.807, 2.05) is 37.1 Å². The van der Waals surface area contributed by atoms with Gasteiger partial charge in [0.2, 0.25) is 5.91 Å². The highest BCUT2D eigenvalue weighted by atomic mass is 16.2. The molecule has 7 nitrogen and oxygen atoms in total. The number of rotatable bonds is 5. The molecule has 1 aliphatic heterocycles. The molecule has 1 fully saturated rings. The SMILES string of the molecule is Cc1nc2ncnn2c(C)c1CCC(=O)N1CCC(Cc2ccccn2)C1. The monoisotopic (exact) mass is 364 g/mol. The summed E-state index contributed by atoms with van der Waals surface area (Å²) < 4.78 is 1.74. The highest BCUT2D eigenvalue weighted by molar-refractivity contribution is 5.76. The lowest BCUT2D eigenvalue weighted by Crippen LogP contribution is -2.29. The molecule has 0 aliphatic carbocycles. The molecule has 1 atom stereocenters. The first-order valence-electron chi connectivity index (χ1n) is 9.45. The summed E-state index contributed by atoms with van der Waals surface area (Å²) in [5, 5.41) is 4.22. The minimum Gasteiger partial charge on any atom is -0.342 e. The molecular weight excluding hydrogens is 340 g/mol. The Hall–Kier alpha value is -2.83. The van der Waals surface area contributed by atoms with Gasteiger partial charge in [-0.15, -0.1) is 0 Å². The lowest BCUT2D eigenvalue weighted by atomic mass is 10.0. The largest absolute Gasteiger partial charge is 0.342 e. The minimum absolute atomic E-state index is 0.219. The Morgan fingerprint density at radius 2 is 2.15 bits per heavy atom. The summed E-state index contributed by atoms with van der Waals surface area (Å²) in [7, 11) is 0. The molecule has 1 amide bonds. The number of likely N-dealkylation sites (tertiary alicyclic amines) is 1. The van der Waals surface area contributed by atoms with Crippen molar-refractivity contribution in [2.24, 2.45) is 5.92 Å². The Balaban J connectivity index is 1.36. The molecule has 0 spiro atoms. The maximum Gasteiger partial charge on any atom is 0.252 e. The van der Waals surface area contributed by atoms with E-state index >= 15 is 0 Å². The van der Waals surface area contributed by atoms with E-state index < -0.39 is 0 Å². The highest BCUT2D eigenvalue weighted by Gasteiger charge is 2.26. The summed E-state index contributed by atoms with van der Waals surface area (Å²) >= 11 is 0. The second-order valence-corrected chi connectivity index (χ2v) is 7.25. The van der Waals surface area contributed by atoms with Gasteiger partial charge in [-0.3, -0.25) is 9.78 Å². The average molecular weight is 364 g/mol. The molecule has 1 aliphatic rings. The van der Waals surface area contributed by atoms with Gasteiger partial charge in [0.1, 0.15) is 6.33 Å². The van der Waals surface area contributed by atoms with Crippen LogP contribution in [0.25, 0.3) is 5.78 Å². The van der Waals surface area contributed by atoms with Gasteiger partial charge in [-0.05, 0) is 56.7 Å². The fourth-order valence-electron chi connectivity index (χ4n) is 3.95. The van der Waals surface area contributed by atoms with Crippen molar-refractivity contribution in [3.63, 3.8) is 0 Å². The van der Waals surface area contributed by atoms with Gasteiger partial charge in [-0.25, -0.2) is 9.50 Å². The van der Waals surface area contributed by atoms with Crippen molar-refractivity contribution in [1.29, 1.82) is 0 Å². The summed E-state index contributed by atoms with van der Waals surface area (Å²) in [5.74, 6) is 1.33. The summed E-state index contributed by atoms with van der Waals surface area (Å²) in [6.45, 7) is 5.65. The molecule has 3 aromatic heterocycles. The molecule has 1 unspecified atom stereocenters. The van der Waals surface area contributed by atoms with E-state index in [9.17, 15) is 4.79 Å². The fraction of sp³-hybridized carbons (Fsp3) is 0.450. The van der Waals surface area contributed by atoms with Crippen LogP contribution in [0, 0.1) is 19.8 Å². The van der Waals surface area contributed by atoms with Gasteiger partial charge in [0, 0.05) is 42.8 Å². The number of carbonyl (C=O) groups is 1. The Bertz CT molecular complexity index is 952. The van der Waals surface area contributed by atoms with Gasteiger partial charge in [-0.1, -0.05) is 6.07 Å². The first kappa shape index (κ1) is 17.6. The molecule has 4 rings (SSSR count). The molecule has 27 heavy (non-hydrogen) atoms. The first-order chi connectivity index (χ1) is 13.1. The Morgan fingerprint density at radius 3 is 2.96 bits per heavy atom. The Labute approximate surface area is 158 Å². The topological polar surface area (TPSA) is 76.3 Å². The van der Waals surface area contributed by atoms with Crippen LogP contribution in [0.4, 0.5) is 0 Å². The number of aromatic nitrogens is 5. The molecule has 7 heteroatoms. The second-order valence-electron chi connectivity index (χ2n) is 7.25. The number of carbonyl (C=O) groups excluding carboxylic acids is 1. The standard InChI is InChI=1S/C20H24N6O/c1-14-18(15(2)26-20(24-14)22-13-23-26)6-7-19(27)25-10-8-16(12-25)11-17-5-3-4-9-21-17/h3-5,9,13,16H,6-8,10-12H2,1-2H3. The number of pyridine rings is 1. The van der Waals surface area contributed by atoms with Gasteiger partial charge >= 0.3 is 0 Å². The predicted molar refractivity (Wildman–Crippen MR) is 101 cm³/mol. The summed E-state index contributed by atoms with van der Waals surface area (Å²) in [4.78, 5) is 27.7. The summed E-state index contributed by atoms with van der Waals surface area (Å²) in [5.41, 5.74) is 4.13. The molecule has 140 valence electrons. The van der Waals surface area contributed by atoms with Crippen molar-refractivity contribution < 1.29 is 4.79 Å². The molecule has 0 saturated carbocycles.